The lowest BCUT2D eigenvalue weighted by Crippen LogP contribution is -2.35. The molecule has 1 aromatic carbocycles. The van der Waals surface area contributed by atoms with Crippen molar-refractivity contribution in [3.8, 4) is 0 Å². The molecule has 0 bridgehead atoms. The van der Waals surface area contributed by atoms with Gasteiger partial charge in [0, 0.05) is 24.7 Å². The lowest BCUT2D eigenvalue weighted by Gasteiger charge is -2.23. The van der Waals surface area contributed by atoms with E-state index in [9.17, 15) is 4.79 Å². The van der Waals surface area contributed by atoms with E-state index in [4.69, 9.17) is 0 Å². The van der Waals surface area contributed by atoms with Crippen molar-refractivity contribution >= 4 is 5.91 Å². The minimum absolute atomic E-state index is 0.0502. The van der Waals surface area contributed by atoms with E-state index < -0.39 is 0 Å². The maximum absolute atomic E-state index is 12.5. The van der Waals surface area contributed by atoms with Crippen LogP contribution in [0.4, 0.5) is 0 Å². The zero-order valence-corrected chi connectivity index (χ0v) is 12.5. The SMILES string of the molecule is O=C(NC(Cc1ncc[nH]1)c1ccccc1)C1CC=CCC1. The summed E-state index contributed by atoms with van der Waals surface area (Å²) in [5.74, 6) is 1.12. The summed E-state index contributed by atoms with van der Waals surface area (Å²) in [6.45, 7) is 0. The number of carbonyl (C=O) groups excluding carboxylic acids is 1. The molecule has 0 saturated heterocycles. The van der Waals surface area contributed by atoms with Crippen LogP contribution in [0.5, 0.6) is 0 Å². The fourth-order valence-corrected chi connectivity index (χ4v) is 2.86. The van der Waals surface area contributed by atoms with Crippen molar-refractivity contribution in [3.05, 3.63) is 66.3 Å². The van der Waals surface area contributed by atoms with Gasteiger partial charge < -0.3 is 10.3 Å². The molecule has 0 spiro atoms. The van der Waals surface area contributed by atoms with E-state index >= 15 is 0 Å². The van der Waals surface area contributed by atoms with Gasteiger partial charge in [-0.05, 0) is 24.8 Å². The molecule has 2 N–H and O–H groups in total. The summed E-state index contributed by atoms with van der Waals surface area (Å²) >= 11 is 0. The normalized spacial score (nSPS) is 18.8. The molecule has 22 heavy (non-hydrogen) atoms. The minimum Gasteiger partial charge on any atom is -0.349 e. The summed E-state index contributed by atoms with van der Waals surface area (Å²) in [5, 5.41) is 3.21. The number of hydrogen-bond donors (Lipinski definition) is 2. The molecule has 2 aromatic rings. The molecule has 0 saturated carbocycles. The highest BCUT2D eigenvalue weighted by molar-refractivity contribution is 5.79. The number of aromatic nitrogens is 2. The molecule has 4 nitrogen and oxygen atoms in total. The molecule has 1 heterocycles. The molecule has 0 fully saturated rings. The monoisotopic (exact) mass is 295 g/mol. The Bertz CT molecular complexity index is 619. The predicted octanol–water partition coefficient (Wildman–Crippen LogP) is 3.17. The Balaban J connectivity index is 1.73. The van der Waals surface area contributed by atoms with Crippen LogP contribution in [0, 0.1) is 5.92 Å². The maximum atomic E-state index is 12.5. The fraction of sp³-hybridized carbons (Fsp3) is 0.333. The second kappa shape index (κ2) is 7.07. The highest BCUT2D eigenvalue weighted by atomic mass is 16.1. The van der Waals surface area contributed by atoms with E-state index in [-0.39, 0.29) is 17.9 Å². The van der Waals surface area contributed by atoms with Crippen LogP contribution in [0.3, 0.4) is 0 Å². The van der Waals surface area contributed by atoms with Gasteiger partial charge in [-0.3, -0.25) is 4.79 Å². The zero-order chi connectivity index (χ0) is 15.2. The van der Waals surface area contributed by atoms with E-state index in [1.54, 1.807) is 6.20 Å². The Morgan fingerprint density at radius 3 is 2.86 bits per heavy atom. The van der Waals surface area contributed by atoms with Gasteiger partial charge >= 0.3 is 0 Å². The molecule has 1 amide bonds. The van der Waals surface area contributed by atoms with E-state index in [0.717, 1.165) is 30.7 Å². The summed E-state index contributed by atoms with van der Waals surface area (Å²) in [5.41, 5.74) is 1.11. The van der Waals surface area contributed by atoms with Gasteiger partial charge in [-0.1, -0.05) is 42.5 Å². The number of allylic oxidation sites excluding steroid dienone is 2. The molecule has 0 aliphatic heterocycles. The van der Waals surface area contributed by atoms with Crippen LogP contribution in [0.25, 0.3) is 0 Å². The molecular formula is C18H21N3O. The zero-order valence-electron chi connectivity index (χ0n) is 12.5. The summed E-state index contributed by atoms with van der Waals surface area (Å²) in [6.07, 6.45) is 11.3. The molecule has 2 atom stereocenters. The van der Waals surface area contributed by atoms with Crippen LogP contribution in [-0.2, 0) is 11.2 Å². The molecule has 2 unspecified atom stereocenters. The number of aromatic amines is 1. The first-order valence-electron chi connectivity index (χ1n) is 7.81. The minimum atomic E-state index is -0.0502. The molecule has 114 valence electrons. The van der Waals surface area contributed by atoms with Gasteiger partial charge in [0.2, 0.25) is 5.91 Å². The van der Waals surface area contributed by atoms with Gasteiger partial charge in [-0.25, -0.2) is 4.98 Å². The summed E-state index contributed by atoms with van der Waals surface area (Å²) < 4.78 is 0. The number of nitrogens with one attached hydrogen (secondary N) is 2. The Hall–Kier alpha value is -2.36. The van der Waals surface area contributed by atoms with E-state index in [1.807, 2.05) is 24.4 Å². The van der Waals surface area contributed by atoms with Crippen molar-refractivity contribution in [2.45, 2.75) is 31.7 Å². The van der Waals surface area contributed by atoms with Gasteiger partial charge in [-0.2, -0.15) is 0 Å². The summed E-state index contributed by atoms with van der Waals surface area (Å²) in [4.78, 5) is 19.9. The molecule has 1 aliphatic rings. The number of hydrogen-bond acceptors (Lipinski definition) is 2. The average molecular weight is 295 g/mol. The van der Waals surface area contributed by atoms with Crippen LogP contribution in [0.2, 0.25) is 0 Å². The second-order valence-electron chi connectivity index (χ2n) is 5.69. The molecular weight excluding hydrogens is 274 g/mol. The van der Waals surface area contributed by atoms with Crippen LogP contribution in [-0.4, -0.2) is 15.9 Å². The number of rotatable bonds is 5. The largest absolute Gasteiger partial charge is 0.349 e. The van der Waals surface area contributed by atoms with Crippen molar-refractivity contribution < 1.29 is 4.79 Å². The number of imidazole rings is 1. The first-order chi connectivity index (χ1) is 10.8. The van der Waals surface area contributed by atoms with Crippen molar-refractivity contribution in [1.29, 1.82) is 0 Å². The van der Waals surface area contributed by atoms with E-state index in [1.165, 1.54) is 0 Å². The number of H-pyrrole nitrogens is 1. The number of benzene rings is 1. The fourth-order valence-electron chi connectivity index (χ4n) is 2.86. The molecule has 1 aromatic heterocycles. The standard InChI is InChI=1S/C18H21N3O/c22-18(15-9-5-2-6-10-15)21-16(13-17-19-11-12-20-17)14-7-3-1-4-8-14/h1-5,7-8,11-12,15-16H,6,9-10,13H2,(H,19,20)(H,21,22). The van der Waals surface area contributed by atoms with Crippen molar-refractivity contribution in [2.24, 2.45) is 5.92 Å². The van der Waals surface area contributed by atoms with Gasteiger partial charge in [0.15, 0.2) is 0 Å². The van der Waals surface area contributed by atoms with Gasteiger partial charge in [0.25, 0.3) is 0 Å². The highest BCUT2D eigenvalue weighted by Crippen LogP contribution is 2.22. The molecule has 4 heteroatoms. The summed E-state index contributed by atoms with van der Waals surface area (Å²) in [6, 6.07) is 10.0. The van der Waals surface area contributed by atoms with Gasteiger partial charge in [0.05, 0.1) is 6.04 Å². The molecule has 0 radical (unpaired) electrons. The van der Waals surface area contributed by atoms with Crippen molar-refractivity contribution in [2.75, 3.05) is 0 Å². The summed E-state index contributed by atoms with van der Waals surface area (Å²) in [7, 11) is 0. The third-order valence-electron chi connectivity index (χ3n) is 4.11. The third-order valence-corrected chi connectivity index (χ3v) is 4.11. The van der Waals surface area contributed by atoms with Crippen molar-refractivity contribution in [1.82, 2.24) is 15.3 Å². The quantitative estimate of drug-likeness (QED) is 0.832. The topological polar surface area (TPSA) is 57.8 Å². The van der Waals surface area contributed by atoms with Crippen LogP contribution >= 0.6 is 0 Å². The molecule has 1 aliphatic carbocycles. The smallest absolute Gasteiger partial charge is 0.223 e. The van der Waals surface area contributed by atoms with Gasteiger partial charge in [-0.15, -0.1) is 0 Å². The highest BCUT2D eigenvalue weighted by Gasteiger charge is 2.23. The van der Waals surface area contributed by atoms with E-state index in [0.29, 0.717) is 6.42 Å². The third kappa shape index (κ3) is 3.64. The number of nitrogens with zero attached hydrogens (tertiary/aromatic N) is 1. The van der Waals surface area contributed by atoms with E-state index in [2.05, 4.69) is 39.6 Å². The average Bonchev–Trinajstić information content (AvgIpc) is 3.09. The Morgan fingerprint density at radius 1 is 1.32 bits per heavy atom. The maximum Gasteiger partial charge on any atom is 0.223 e. The van der Waals surface area contributed by atoms with Gasteiger partial charge in [0.1, 0.15) is 5.82 Å². The lowest BCUT2D eigenvalue weighted by atomic mass is 9.92. The predicted molar refractivity (Wildman–Crippen MR) is 86.1 cm³/mol. The first-order valence-corrected chi connectivity index (χ1v) is 7.81. The lowest BCUT2D eigenvalue weighted by molar-refractivity contribution is -0.126. The van der Waals surface area contributed by atoms with Crippen LogP contribution in [0.1, 0.15) is 36.7 Å². The second-order valence-corrected chi connectivity index (χ2v) is 5.69. The van der Waals surface area contributed by atoms with Crippen LogP contribution < -0.4 is 5.32 Å². The molecule has 3 rings (SSSR count). The van der Waals surface area contributed by atoms with Crippen LogP contribution in [0.15, 0.2) is 54.9 Å². The number of carbonyl (C=O) groups is 1. The Morgan fingerprint density at radius 2 is 2.18 bits per heavy atom. The van der Waals surface area contributed by atoms with Crippen molar-refractivity contribution in [3.63, 3.8) is 0 Å². The number of amides is 1. The Labute approximate surface area is 130 Å². The Kier molecular flexibility index (Phi) is 4.68. The first kappa shape index (κ1) is 14.6.